The number of carbonyl (C=O) groups excluding carboxylic acids is 1. The molecule has 36 heavy (non-hydrogen) atoms. The summed E-state index contributed by atoms with van der Waals surface area (Å²) in [4.78, 5) is 34.2. The van der Waals surface area contributed by atoms with Crippen LogP contribution >= 0.6 is 11.6 Å². The predicted molar refractivity (Wildman–Crippen MR) is 147 cm³/mol. The third-order valence-electron chi connectivity index (χ3n) is 6.55. The van der Waals surface area contributed by atoms with Crippen LogP contribution in [0.5, 0.6) is 0 Å². The van der Waals surface area contributed by atoms with Crippen LogP contribution < -0.4 is 5.56 Å². The lowest BCUT2D eigenvalue weighted by Gasteiger charge is -2.31. The van der Waals surface area contributed by atoms with E-state index < -0.39 is 6.04 Å². The highest BCUT2D eigenvalue weighted by Gasteiger charge is 2.29. The normalized spacial score (nSPS) is 12.5. The molecule has 1 aromatic heterocycles. The molecule has 1 heterocycles. The Balaban J connectivity index is 1.86. The topological polar surface area (TPSA) is 55.2 Å². The molecule has 4 rings (SSSR count). The second kappa shape index (κ2) is 10.3. The minimum atomic E-state index is -0.405. The summed E-state index contributed by atoms with van der Waals surface area (Å²) in [6.45, 7) is 10.9. The van der Waals surface area contributed by atoms with E-state index in [0.29, 0.717) is 46.0 Å². The number of amides is 1. The molecule has 5 nitrogen and oxygen atoms in total. The minimum absolute atomic E-state index is 0.00163. The predicted octanol–water partition coefficient (Wildman–Crippen LogP) is 6.95. The lowest BCUT2D eigenvalue weighted by atomic mass is 9.86. The van der Waals surface area contributed by atoms with Gasteiger partial charge in [0.25, 0.3) is 11.5 Å². The summed E-state index contributed by atoms with van der Waals surface area (Å²) in [6, 6.07) is 21.8. The molecule has 0 aliphatic heterocycles. The fourth-order valence-electron chi connectivity index (χ4n) is 4.54. The van der Waals surface area contributed by atoms with Gasteiger partial charge in [0, 0.05) is 17.1 Å². The second-order valence-corrected chi connectivity index (χ2v) is 10.4. The Morgan fingerprint density at radius 3 is 2.19 bits per heavy atom. The molecule has 1 unspecified atom stereocenters. The highest BCUT2D eigenvalue weighted by molar-refractivity contribution is 6.30. The molecule has 1 amide bonds. The van der Waals surface area contributed by atoms with Crippen molar-refractivity contribution in [1.29, 1.82) is 0 Å². The summed E-state index contributed by atoms with van der Waals surface area (Å²) in [5.41, 5.74) is 2.89. The van der Waals surface area contributed by atoms with E-state index in [1.165, 1.54) is 5.56 Å². The monoisotopic (exact) mass is 501 g/mol. The van der Waals surface area contributed by atoms with Gasteiger partial charge in [0.15, 0.2) is 0 Å². The highest BCUT2D eigenvalue weighted by Crippen LogP contribution is 2.29. The third-order valence-corrected chi connectivity index (χ3v) is 6.80. The van der Waals surface area contributed by atoms with Crippen molar-refractivity contribution in [2.45, 2.75) is 52.5 Å². The maximum atomic E-state index is 13.7. The van der Waals surface area contributed by atoms with Gasteiger partial charge in [-0.3, -0.25) is 14.2 Å². The van der Waals surface area contributed by atoms with Crippen molar-refractivity contribution in [3.05, 3.63) is 105 Å². The van der Waals surface area contributed by atoms with Gasteiger partial charge in [0.2, 0.25) is 0 Å². The molecule has 6 heteroatoms. The van der Waals surface area contributed by atoms with Crippen LogP contribution in [0.3, 0.4) is 0 Å². The summed E-state index contributed by atoms with van der Waals surface area (Å²) in [6.07, 6.45) is 0.595. The number of fused-ring (bicyclic) bond motifs is 1. The molecule has 186 valence electrons. The number of aromatic nitrogens is 2. The molecule has 4 aromatic rings. The molecule has 0 aliphatic carbocycles. The summed E-state index contributed by atoms with van der Waals surface area (Å²) < 4.78 is 1.62. The summed E-state index contributed by atoms with van der Waals surface area (Å²) in [7, 11) is 0. The Bertz CT molecular complexity index is 1430. The molecule has 0 radical (unpaired) electrons. The Kier molecular flexibility index (Phi) is 7.32. The Morgan fingerprint density at radius 1 is 0.972 bits per heavy atom. The van der Waals surface area contributed by atoms with Crippen LogP contribution in [0.2, 0.25) is 5.02 Å². The lowest BCUT2D eigenvalue weighted by molar-refractivity contribution is 0.0672. The van der Waals surface area contributed by atoms with Crippen molar-refractivity contribution < 1.29 is 4.79 Å². The Hall–Kier alpha value is -3.44. The first-order chi connectivity index (χ1) is 17.2. The number of hydrogen-bond donors (Lipinski definition) is 0. The average Bonchev–Trinajstić information content (AvgIpc) is 2.87. The van der Waals surface area contributed by atoms with Crippen LogP contribution in [0.25, 0.3) is 16.6 Å². The second-order valence-electron chi connectivity index (χ2n) is 9.95. The molecule has 0 fully saturated rings. The lowest BCUT2D eigenvalue weighted by Crippen LogP contribution is -2.38. The quantitative estimate of drug-likeness (QED) is 0.287. The van der Waals surface area contributed by atoms with E-state index in [1.807, 2.05) is 56.3 Å². The summed E-state index contributed by atoms with van der Waals surface area (Å²) >= 11 is 6.13. The van der Waals surface area contributed by atoms with E-state index in [9.17, 15) is 9.59 Å². The van der Waals surface area contributed by atoms with E-state index in [0.717, 1.165) is 0 Å². The third kappa shape index (κ3) is 4.93. The average molecular weight is 502 g/mol. The van der Waals surface area contributed by atoms with Crippen LogP contribution in [-0.2, 0) is 5.41 Å². The first-order valence-corrected chi connectivity index (χ1v) is 12.7. The fourth-order valence-corrected chi connectivity index (χ4v) is 4.67. The number of halogens is 1. The van der Waals surface area contributed by atoms with Gasteiger partial charge in [-0.1, -0.05) is 63.6 Å². The number of carbonyl (C=O) groups is 1. The number of hydrogen-bond acceptors (Lipinski definition) is 3. The maximum Gasteiger partial charge on any atom is 0.266 e. The van der Waals surface area contributed by atoms with Crippen molar-refractivity contribution in [1.82, 2.24) is 14.5 Å². The molecular formula is C30H32ClN3O2. The van der Waals surface area contributed by atoms with Gasteiger partial charge in [-0.25, -0.2) is 4.98 Å². The van der Waals surface area contributed by atoms with Crippen LogP contribution in [0, 0.1) is 0 Å². The summed E-state index contributed by atoms with van der Waals surface area (Å²) in [5.74, 6) is 0.444. The van der Waals surface area contributed by atoms with Crippen molar-refractivity contribution in [3.63, 3.8) is 0 Å². The number of rotatable bonds is 6. The number of benzene rings is 3. The van der Waals surface area contributed by atoms with Gasteiger partial charge < -0.3 is 4.90 Å². The smallest absolute Gasteiger partial charge is 0.266 e. The minimum Gasteiger partial charge on any atom is -0.329 e. The highest BCUT2D eigenvalue weighted by atomic mass is 35.5. The number of para-hydroxylation sites is 1. The summed E-state index contributed by atoms with van der Waals surface area (Å²) in [5, 5.41) is 1.11. The van der Waals surface area contributed by atoms with Crippen molar-refractivity contribution in [2.24, 2.45) is 0 Å². The van der Waals surface area contributed by atoms with Gasteiger partial charge in [0.05, 0.1) is 22.6 Å². The molecule has 0 saturated carbocycles. The molecule has 0 aliphatic rings. The van der Waals surface area contributed by atoms with Crippen molar-refractivity contribution in [2.75, 3.05) is 6.54 Å². The molecule has 0 spiro atoms. The zero-order valence-electron chi connectivity index (χ0n) is 21.5. The fraction of sp³-hybridized carbons (Fsp3) is 0.300. The van der Waals surface area contributed by atoms with Gasteiger partial charge in [0.1, 0.15) is 5.82 Å². The standard InChI is InChI=1S/C30H32ClN3O2/c1-6-26(33(7-2)28(35)20-12-14-21(15-13-20)30(3,4)5)27-32-25-11-9-8-10-24(25)29(36)34(27)23-18-16-22(31)17-19-23/h8-19,26H,6-7H2,1-5H3. The first kappa shape index (κ1) is 25.6. The SMILES string of the molecule is CCC(c1nc2ccccc2c(=O)n1-c1ccc(Cl)cc1)N(CC)C(=O)c1ccc(C(C)(C)C)cc1. The Labute approximate surface area is 217 Å². The largest absolute Gasteiger partial charge is 0.329 e. The van der Waals surface area contributed by atoms with E-state index in [1.54, 1.807) is 39.8 Å². The molecule has 3 aromatic carbocycles. The van der Waals surface area contributed by atoms with Crippen LogP contribution in [0.15, 0.2) is 77.6 Å². The zero-order valence-corrected chi connectivity index (χ0v) is 22.2. The Morgan fingerprint density at radius 2 is 1.61 bits per heavy atom. The van der Waals surface area contributed by atoms with E-state index in [-0.39, 0.29) is 16.9 Å². The van der Waals surface area contributed by atoms with Crippen LogP contribution in [0.1, 0.15) is 68.8 Å². The van der Waals surface area contributed by atoms with Crippen LogP contribution in [-0.4, -0.2) is 26.9 Å². The van der Waals surface area contributed by atoms with Gasteiger partial charge in [-0.2, -0.15) is 0 Å². The molecular weight excluding hydrogens is 470 g/mol. The number of nitrogens with zero attached hydrogens (tertiary/aromatic N) is 3. The maximum absolute atomic E-state index is 13.7. The first-order valence-electron chi connectivity index (χ1n) is 12.3. The van der Waals surface area contributed by atoms with Crippen LogP contribution in [0.4, 0.5) is 0 Å². The molecule has 1 atom stereocenters. The zero-order chi connectivity index (χ0) is 26.0. The van der Waals surface area contributed by atoms with E-state index in [4.69, 9.17) is 16.6 Å². The molecule has 0 bridgehead atoms. The van der Waals surface area contributed by atoms with Gasteiger partial charge in [-0.15, -0.1) is 0 Å². The van der Waals surface area contributed by atoms with Gasteiger partial charge >= 0.3 is 0 Å². The van der Waals surface area contributed by atoms with Crippen molar-refractivity contribution >= 4 is 28.4 Å². The molecule has 0 saturated heterocycles. The van der Waals surface area contributed by atoms with E-state index >= 15 is 0 Å². The van der Waals surface area contributed by atoms with Gasteiger partial charge in [-0.05, 0) is 72.9 Å². The molecule has 0 N–H and O–H groups in total. The van der Waals surface area contributed by atoms with E-state index in [2.05, 4.69) is 20.8 Å². The van der Waals surface area contributed by atoms with Crippen molar-refractivity contribution in [3.8, 4) is 5.69 Å².